The molecule has 0 aromatic carbocycles. The summed E-state index contributed by atoms with van der Waals surface area (Å²) in [6.45, 7) is 1.98. The van der Waals surface area contributed by atoms with Gasteiger partial charge in [-0.2, -0.15) is 0 Å². The highest BCUT2D eigenvalue weighted by molar-refractivity contribution is 7.11. The second-order valence-electron chi connectivity index (χ2n) is 6.15. The number of hydrogen-bond acceptors (Lipinski definition) is 7. The standard InChI is InChI=1S/C16H22N4O4S/c1-5-9-12(23-4)11(21)13(24-9)14-10-8(6-25-14)15(22)19-16(18-10)17-7-20(2)3/h6-7,9,11-13,21H,5H2,1-4H3,(H,18,19,22)/t9-,11-,12-,13-/m1/s1. The van der Waals surface area contributed by atoms with Crippen LogP contribution in [-0.2, 0) is 9.47 Å². The highest BCUT2D eigenvalue weighted by Gasteiger charge is 2.45. The zero-order chi connectivity index (χ0) is 18.1. The van der Waals surface area contributed by atoms with Crippen LogP contribution < -0.4 is 5.56 Å². The molecule has 8 nitrogen and oxygen atoms in total. The van der Waals surface area contributed by atoms with E-state index in [1.54, 1.807) is 23.7 Å². The number of rotatable bonds is 5. The molecule has 0 unspecified atom stereocenters. The lowest BCUT2D eigenvalue weighted by Gasteiger charge is -2.16. The maximum absolute atomic E-state index is 12.3. The van der Waals surface area contributed by atoms with Crippen molar-refractivity contribution < 1.29 is 14.6 Å². The normalized spacial score (nSPS) is 26.8. The van der Waals surface area contributed by atoms with E-state index < -0.39 is 18.3 Å². The average Bonchev–Trinajstić information content (AvgIpc) is 3.13. The fourth-order valence-electron chi connectivity index (χ4n) is 2.95. The molecule has 4 atom stereocenters. The summed E-state index contributed by atoms with van der Waals surface area (Å²) in [5.41, 5.74) is 0.247. The molecule has 2 aromatic rings. The Balaban J connectivity index is 2.04. The Labute approximate surface area is 149 Å². The predicted octanol–water partition coefficient (Wildman–Crippen LogP) is 1.43. The van der Waals surface area contributed by atoms with Gasteiger partial charge in [-0.15, -0.1) is 11.3 Å². The minimum atomic E-state index is -0.813. The van der Waals surface area contributed by atoms with Gasteiger partial charge in [0.15, 0.2) is 0 Å². The molecule has 2 N–H and O–H groups in total. The van der Waals surface area contributed by atoms with Crippen molar-refractivity contribution in [2.24, 2.45) is 4.99 Å². The van der Waals surface area contributed by atoms with Crippen LogP contribution in [0.15, 0.2) is 15.2 Å². The van der Waals surface area contributed by atoms with Crippen molar-refractivity contribution in [3.8, 4) is 0 Å². The second kappa shape index (κ2) is 7.20. The van der Waals surface area contributed by atoms with Crippen LogP contribution in [0.3, 0.4) is 0 Å². The first-order chi connectivity index (χ1) is 12.0. The van der Waals surface area contributed by atoms with E-state index in [0.29, 0.717) is 15.8 Å². The van der Waals surface area contributed by atoms with Crippen molar-refractivity contribution >= 4 is 34.5 Å². The average molecular weight is 366 g/mol. The highest BCUT2D eigenvalue weighted by atomic mass is 32.1. The lowest BCUT2D eigenvalue weighted by molar-refractivity contribution is -0.0119. The van der Waals surface area contributed by atoms with Crippen LogP contribution in [0.25, 0.3) is 10.9 Å². The first kappa shape index (κ1) is 18.0. The van der Waals surface area contributed by atoms with E-state index in [4.69, 9.17) is 9.47 Å². The Bertz CT molecular complexity index is 831. The lowest BCUT2D eigenvalue weighted by atomic mass is 10.0. The molecule has 3 rings (SSSR count). The molecule has 2 aromatic heterocycles. The van der Waals surface area contributed by atoms with Crippen molar-refractivity contribution in [2.45, 2.75) is 37.8 Å². The molecule has 0 spiro atoms. The van der Waals surface area contributed by atoms with Crippen LogP contribution in [0, 0.1) is 0 Å². The van der Waals surface area contributed by atoms with Crippen LogP contribution >= 0.6 is 11.3 Å². The first-order valence-electron chi connectivity index (χ1n) is 8.04. The number of aliphatic hydroxyl groups excluding tert-OH is 1. The summed E-state index contributed by atoms with van der Waals surface area (Å²) in [6, 6.07) is 0. The molecule has 1 fully saturated rings. The molecule has 3 heterocycles. The van der Waals surface area contributed by atoms with Gasteiger partial charge in [-0.05, 0) is 6.42 Å². The van der Waals surface area contributed by atoms with Crippen LogP contribution in [0.2, 0.25) is 0 Å². The number of thiophene rings is 1. The molecule has 1 saturated heterocycles. The van der Waals surface area contributed by atoms with Gasteiger partial charge in [0.25, 0.3) is 5.56 Å². The SMILES string of the molecule is CC[C@H]1O[C@@H](c2scc3c(=O)[nH]c(N=CN(C)C)nc23)[C@H](O)[C@@H]1OC. The van der Waals surface area contributed by atoms with E-state index in [-0.39, 0.29) is 17.6 Å². The van der Waals surface area contributed by atoms with Gasteiger partial charge < -0.3 is 19.5 Å². The molecule has 0 bridgehead atoms. The number of fused-ring (bicyclic) bond motifs is 1. The molecule has 25 heavy (non-hydrogen) atoms. The van der Waals surface area contributed by atoms with E-state index in [0.717, 1.165) is 6.42 Å². The third-order valence-corrected chi connectivity index (χ3v) is 5.19. The molecule has 0 saturated carbocycles. The number of aliphatic imine (C=N–C) groups is 1. The molecule has 0 radical (unpaired) electrons. The van der Waals surface area contributed by atoms with Crippen molar-refractivity contribution in [1.82, 2.24) is 14.9 Å². The van der Waals surface area contributed by atoms with Crippen molar-refractivity contribution in [3.05, 3.63) is 20.6 Å². The monoisotopic (exact) mass is 366 g/mol. The number of aromatic nitrogens is 2. The molecular formula is C16H22N4O4S. The molecule has 9 heteroatoms. The number of ether oxygens (including phenoxy) is 2. The molecule has 136 valence electrons. The van der Waals surface area contributed by atoms with E-state index >= 15 is 0 Å². The van der Waals surface area contributed by atoms with Gasteiger partial charge in [0.05, 0.1) is 28.2 Å². The van der Waals surface area contributed by atoms with Crippen LogP contribution in [-0.4, -0.2) is 65.8 Å². The van der Waals surface area contributed by atoms with Crippen molar-refractivity contribution in [3.63, 3.8) is 0 Å². The predicted molar refractivity (Wildman–Crippen MR) is 96.8 cm³/mol. The van der Waals surface area contributed by atoms with Gasteiger partial charge >= 0.3 is 0 Å². The summed E-state index contributed by atoms with van der Waals surface area (Å²) >= 11 is 1.35. The summed E-state index contributed by atoms with van der Waals surface area (Å²) in [7, 11) is 5.22. The van der Waals surface area contributed by atoms with Gasteiger partial charge in [0, 0.05) is 26.6 Å². The number of methoxy groups -OCH3 is 1. The van der Waals surface area contributed by atoms with Crippen LogP contribution in [0.1, 0.15) is 24.3 Å². The Morgan fingerprint density at radius 1 is 1.56 bits per heavy atom. The fraction of sp³-hybridized carbons (Fsp3) is 0.562. The maximum atomic E-state index is 12.3. The van der Waals surface area contributed by atoms with Crippen LogP contribution in [0.5, 0.6) is 0 Å². The summed E-state index contributed by atoms with van der Waals surface area (Å²) in [5.74, 6) is 0.216. The first-order valence-corrected chi connectivity index (χ1v) is 8.92. The second-order valence-corrected chi connectivity index (χ2v) is 7.07. The molecular weight excluding hydrogens is 344 g/mol. The Hall–Kier alpha value is -1.81. The van der Waals surface area contributed by atoms with Gasteiger partial charge in [-0.1, -0.05) is 6.92 Å². The lowest BCUT2D eigenvalue weighted by Crippen LogP contribution is -2.32. The van der Waals surface area contributed by atoms with Gasteiger partial charge in [0.1, 0.15) is 18.3 Å². The summed E-state index contributed by atoms with van der Waals surface area (Å²) in [6.07, 6.45) is 0.298. The number of nitrogens with zero attached hydrogens (tertiary/aromatic N) is 3. The smallest absolute Gasteiger partial charge is 0.261 e. The zero-order valence-electron chi connectivity index (χ0n) is 14.6. The minimum absolute atomic E-state index is 0.199. The summed E-state index contributed by atoms with van der Waals surface area (Å²) in [4.78, 5) is 26.0. The van der Waals surface area contributed by atoms with Crippen LogP contribution in [0.4, 0.5) is 5.95 Å². The van der Waals surface area contributed by atoms with E-state index in [1.165, 1.54) is 11.3 Å². The van der Waals surface area contributed by atoms with Gasteiger partial charge in [0.2, 0.25) is 5.95 Å². The fourth-order valence-corrected chi connectivity index (χ4v) is 4.01. The zero-order valence-corrected chi connectivity index (χ0v) is 15.4. The third-order valence-electron chi connectivity index (χ3n) is 4.16. The number of hydrogen-bond donors (Lipinski definition) is 2. The Morgan fingerprint density at radius 3 is 2.92 bits per heavy atom. The van der Waals surface area contributed by atoms with Gasteiger partial charge in [-0.3, -0.25) is 9.78 Å². The van der Waals surface area contributed by atoms with E-state index in [9.17, 15) is 9.90 Å². The minimum Gasteiger partial charge on any atom is -0.387 e. The summed E-state index contributed by atoms with van der Waals surface area (Å²) < 4.78 is 11.4. The van der Waals surface area contributed by atoms with Gasteiger partial charge in [-0.25, -0.2) is 9.98 Å². The number of aromatic amines is 1. The Kier molecular flexibility index (Phi) is 5.19. The number of aliphatic hydroxyl groups is 1. The Morgan fingerprint density at radius 2 is 2.32 bits per heavy atom. The molecule has 0 aliphatic carbocycles. The highest BCUT2D eigenvalue weighted by Crippen LogP contribution is 2.41. The molecule has 1 aliphatic heterocycles. The molecule has 1 aliphatic rings. The van der Waals surface area contributed by atoms with Crippen molar-refractivity contribution in [2.75, 3.05) is 21.2 Å². The topological polar surface area (TPSA) is 100 Å². The maximum Gasteiger partial charge on any atom is 0.261 e. The quantitative estimate of drug-likeness (QED) is 0.613. The summed E-state index contributed by atoms with van der Waals surface area (Å²) in [5, 5.41) is 12.8. The third kappa shape index (κ3) is 3.32. The van der Waals surface area contributed by atoms with E-state index in [1.807, 2.05) is 21.0 Å². The van der Waals surface area contributed by atoms with Crippen molar-refractivity contribution in [1.29, 1.82) is 0 Å². The number of nitrogens with one attached hydrogen (secondary N) is 1. The largest absolute Gasteiger partial charge is 0.387 e. The van der Waals surface area contributed by atoms with E-state index in [2.05, 4.69) is 15.0 Å². The molecule has 0 amide bonds. The number of H-pyrrole nitrogens is 1.